The Morgan fingerprint density at radius 3 is 2.61 bits per heavy atom. The van der Waals surface area contributed by atoms with Crippen LogP contribution in [0.15, 0.2) is 72.4 Å². The van der Waals surface area contributed by atoms with Gasteiger partial charge < -0.3 is 10.1 Å². The Morgan fingerprint density at radius 1 is 1.09 bits per heavy atom. The highest BCUT2D eigenvalue weighted by Gasteiger charge is 2.34. The van der Waals surface area contributed by atoms with Crippen LogP contribution in [0.2, 0.25) is 5.02 Å². The van der Waals surface area contributed by atoms with E-state index in [0.717, 1.165) is 8.47 Å². The number of rotatable bonds is 6. The molecule has 0 bridgehead atoms. The predicted octanol–water partition coefficient (Wildman–Crippen LogP) is 5.53. The quantitative estimate of drug-likeness (QED) is 0.137. The lowest BCUT2D eigenvalue weighted by Gasteiger charge is -2.11. The molecule has 3 aromatic rings. The molecule has 0 spiro atoms. The first-order chi connectivity index (χ1) is 15.8. The van der Waals surface area contributed by atoms with Gasteiger partial charge in [-0.1, -0.05) is 35.9 Å². The molecule has 0 atom stereocenters. The Morgan fingerprint density at radius 2 is 1.88 bits per heavy atom. The van der Waals surface area contributed by atoms with Crippen molar-refractivity contribution >= 4 is 63.6 Å². The van der Waals surface area contributed by atoms with E-state index in [-0.39, 0.29) is 18.0 Å². The molecule has 3 amide bonds. The van der Waals surface area contributed by atoms with E-state index in [1.54, 1.807) is 60.7 Å². The number of nitro groups is 1. The van der Waals surface area contributed by atoms with E-state index in [0.29, 0.717) is 27.6 Å². The Labute approximate surface area is 207 Å². The maximum atomic E-state index is 12.8. The first kappa shape index (κ1) is 22.7. The van der Waals surface area contributed by atoms with Crippen LogP contribution < -0.4 is 15.0 Å². The van der Waals surface area contributed by atoms with Crippen LogP contribution in [-0.4, -0.2) is 16.9 Å². The number of carbonyl (C=O) groups excluding carboxylic acids is 2. The fraction of sp³-hybridized carbons (Fsp3) is 0.0435. The third-order valence-corrected chi connectivity index (χ3v) is 5.81. The third-order valence-electron chi connectivity index (χ3n) is 4.73. The molecule has 3 aromatic carbocycles. The second-order valence-corrected chi connectivity index (χ2v) is 8.61. The molecule has 0 saturated carbocycles. The van der Waals surface area contributed by atoms with Crippen LogP contribution in [0.3, 0.4) is 0 Å². The minimum Gasteiger partial charge on any atom is -0.488 e. The van der Waals surface area contributed by atoms with Gasteiger partial charge in [-0.05, 0) is 70.1 Å². The zero-order chi connectivity index (χ0) is 23.5. The van der Waals surface area contributed by atoms with E-state index >= 15 is 0 Å². The second-order valence-electron chi connectivity index (χ2n) is 7.01. The summed E-state index contributed by atoms with van der Waals surface area (Å²) in [4.78, 5) is 36.6. The number of nitrogens with one attached hydrogen (secondary N) is 1. The van der Waals surface area contributed by atoms with E-state index in [2.05, 4.69) is 27.9 Å². The smallest absolute Gasteiger partial charge is 0.333 e. The van der Waals surface area contributed by atoms with Gasteiger partial charge in [0.15, 0.2) is 0 Å². The number of ether oxygens (including phenoxy) is 1. The lowest BCUT2D eigenvalue weighted by Crippen LogP contribution is -2.30. The van der Waals surface area contributed by atoms with E-state index < -0.39 is 16.9 Å². The van der Waals surface area contributed by atoms with Gasteiger partial charge in [0.05, 0.1) is 14.2 Å². The summed E-state index contributed by atoms with van der Waals surface area (Å²) in [6.45, 7) is 0.168. The Bertz CT molecular complexity index is 1310. The molecule has 166 valence electrons. The fourth-order valence-electron chi connectivity index (χ4n) is 3.20. The summed E-state index contributed by atoms with van der Waals surface area (Å²) in [7, 11) is 0. The first-order valence-electron chi connectivity index (χ1n) is 9.60. The van der Waals surface area contributed by atoms with Gasteiger partial charge in [0.2, 0.25) is 0 Å². The molecule has 1 fully saturated rings. The molecule has 1 aliphatic heterocycles. The Hall–Kier alpha value is -3.44. The molecule has 1 aliphatic rings. The van der Waals surface area contributed by atoms with Crippen LogP contribution in [0.5, 0.6) is 5.75 Å². The largest absolute Gasteiger partial charge is 0.488 e. The highest BCUT2D eigenvalue weighted by Crippen LogP contribution is 2.27. The minimum atomic E-state index is -0.555. The van der Waals surface area contributed by atoms with Crippen molar-refractivity contribution in [3.8, 4) is 5.75 Å². The van der Waals surface area contributed by atoms with Crippen LogP contribution in [0, 0.1) is 13.7 Å². The number of anilines is 1. The number of imide groups is 1. The van der Waals surface area contributed by atoms with E-state index in [1.165, 1.54) is 12.1 Å². The summed E-state index contributed by atoms with van der Waals surface area (Å²) in [5, 5.41) is 13.9. The van der Waals surface area contributed by atoms with Gasteiger partial charge in [0, 0.05) is 17.2 Å². The van der Waals surface area contributed by atoms with Gasteiger partial charge in [0.1, 0.15) is 18.1 Å². The molecule has 8 nitrogen and oxygen atoms in total. The molecule has 1 N–H and O–H groups in total. The first-order valence-corrected chi connectivity index (χ1v) is 11.1. The Balaban J connectivity index is 1.49. The zero-order valence-electron chi connectivity index (χ0n) is 16.8. The van der Waals surface area contributed by atoms with Gasteiger partial charge in [-0.2, -0.15) is 0 Å². The highest BCUT2D eigenvalue weighted by atomic mass is 127. The summed E-state index contributed by atoms with van der Waals surface area (Å²) in [6.07, 6.45) is 1.58. The van der Waals surface area contributed by atoms with Crippen molar-refractivity contribution in [3.05, 3.63) is 102 Å². The topological polar surface area (TPSA) is 102 Å². The number of carbonyl (C=O) groups is 2. The van der Waals surface area contributed by atoms with Gasteiger partial charge in [-0.25, -0.2) is 9.69 Å². The molecule has 0 aromatic heterocycles. The normalized spacial score (nSPS) is 14.5. The number of urea groups is 1. The third kappa shape index (κ3) is 5.15. The predicted molar refractivity (Wildman–Crippen MR) is 132 cm³/mol. The van der Waals surface area contributed by atoms with E-state index in [1.807, 2.05) is 0 Å². The molecule has 1 heterocycles. The average molecular weight is 576 g/mol. The number of benzene rings is 3. The number of nitrogens with zero attached hydrogens (tertiary/aromatic N) is 2. The van der Waals surface area contributed by atoms with Crippen molar-refractivity contribution in [2.75, 3.05) is 4.90 Å². The van der Waals surface area contributed by atoms with Crippen LogP contribution in [-0.2, 0) is 11.4 Å². The summed E-state index contributed by atoms with van der Waals surface area (Å²) in [6, 6.07) is 17.5. The number of hydrogen-bond acceptors (Lipinski definition) is 5. The van der Waals surface area contributed by atoms with Gasteiger partial charge in [-0.3, -0.25) is 14.9 Å². The molecular weight excluding hydrogens is 561 g/mol. The van der Waals surface area contributed by atoms with Gasteiger partial charge >= 0.3 is 6.03 Å². The summed E-state index contributed by atoms with van der Waals surface area (Å²) >= 11 is 8.08. The number of hydrogen-bond donors (Lipinski definition) is 1. The molecule has 0 radical (unpaired) electrons. The molecule has 0 unspecified atom stereocenters. The lowest BCUT2D eigenvalue weighted by molar-refractivity contribution is -0.384. The standard InChI is InChI=1S/C23H15ClIN3O5/c24-16-4-2-5-17(12-16)27-22(29)20(26-23(27)30)11-14-7-8-21(19(25)10-14)33-13-15-3-1-6-18(9-15)28(31)32/h1-12H,13H2,(H,26,30)/b20-11+. The van der Waals surface area contributed by atoms with Crippen LogP contribution >= 0.6 is 34.2 Å². The second kappa shape index (κ2) is 9.59. The lowest BCUT2D eigenvalue weighted by atomic mass is 10.1. The summed E-state index contributed by atoms with van der Waals surface area (Å²) in [5.41, 5.74) is 1.89. The minimum absolute atomic E-state index is 0.00265. The monoisotopic (exact) mass is 575 g/mol. The highest BCUT2D eigenvalue weighted by molar-refractivity contribution is 14.1. The van der Waals surface area contributed by atoms with Crippen LogP contribution in [0.1, 0.15) is 11.1 Å². The van der Waals surface area contributed by atoms with Gasteiger partial charge in [-0.15, -0.1) is 0 Å². The van der Waals surface area contributed by atoms with Crippen LogP contribution in [0.25, 0.3) is 6.08 Å². The van der Waals surface area contributed by atoms with Crippen molar-refractivity contribution in [2.24, 2.45) is 0 Å². The maximum Gasteiger partial charge on any atom is 0.333 e. The number of nitro benzene ring substituents is 1. The number of halogens is 2. The SMILES string of the molecule is O=C1N/C(=C/c2ccc(OCc3cccc([N+](=O)[O-])c3)c(I)c2)C(=O)N1c1cccc(Cl)c1. The molecule has 33 heavy (non-hydrogen) atoms. The Kier molecular flexibility index (Phi) is 6.61. The van der Waals surface area contributed by atoms with Crippen molar-refractivity contribution in [1.82, 2.24) is 5.32 Å². The number of amides is 3. The zero-order valence-corrected chi connectivity index (χ0v) is 19.7. The van der Waals surface area contributed by atoms with Crippen molar-refractivity contribution in [2.45, 2.75) is 6.61 Å². The molecule has 1 saturated heterocycles. The summed E-state index contributed by atoms with van der Waals surface area (Å²) < 4.78 is 6.57. The molecular formula is C23H15ClIN3O5. The average Bonchev–Trinajstić information content (AvgIpc) is 3.06. The van der Waals surface area contributed by atoms with Gasteiger partial charge in [0.25, 0.3) is 11.6 Å². The van der Waals surface area contributed by atoms with Crippen molar-refractivity contribution in [3.63, 3.8) is 0 Å². The van der Waals surface area contributed by atoms with Crippen molar-refractivity contribution in [1.29, 1.82) is 0 Å². The van der Waals surface area contributed by atoms with E-state index in [9.17, 15) is 19.7 Å². The van der Waals surface area contributed by atoms with Crippen molar-refractivity contribution < 1.29 is 19.2 Å². The molecule has 0 aliphatic carbocycles. The molecule has 4 rings (SSSR count). The van der Waals surface area contributed by atoms with Crippen LogP contribution in [0.4, 0.5) is 16.2 Å². The van der Waals surface area contributed by atoms with E-state index in [4.69, 9.17) is 16.3 Å². The number of non-ortho nitro benzene ring substituents is 1. The summed E-state index contributed by atoms with van der Waals surface area (Å²) in [5.74, 6) is 0.106. The fourth-order valence-corrected chi connectivity index (χ4v) is 4.08. The molecule has 10 heteroatoms. The maximum absolute atomic E-state index is 12.8.